The SMILES string of the molecule is CCc1nc(NC2(CO)CCCC2)cc(=O)[nH]1. The number of hydrogen-bond acceptors (Lipinski definition) is 4. The first-order chi connectivity index (χ1) is 8.17. The third-order valence-electron chi connectivity index (χ3n) is 3.38. The lowest BCUT2D eigenvalue weighted by molar-refractivity contribution is 0.213. The molecule has 17 heavy (non-hydrogen) atoms. The van der Waals surface area contributed by atoms with E-state index in [9.17, 15) is 9.90 Å². The molecule has 0 saturated heterocycles. The molecule has 0 radical (unpaired) electrons. The molecule has 1 aromatic rings. The predicted octanol–water partition coefficient (Wildman–Crippen LogP) is 1.05. The van der Waals surface area contributed by atoms with E-state index in [1.165, 1.54) is 6.07 Å². The highest BCUT2D eigenvalue weighted by Gasteiger charge is 2.33. The maximum atomic E-state index is 11.4. The van der Waals surface area contributed by atoms with Gasteiger partial charge in [-0.1, -0.05) is 19.8 Å². The fourth-order valence-electron chi connectivity index (χ4n) is 2.39. The van der Waals surface area contributed by atoms with Crippen molar-refractivity contribution >= 4 is 5.82 Å². The second-order valence-corrected chi connectivity index (χ2v) is 4.70. The van der Waals surface area contributed by atoms with Crippen molar-refractivity contribution < 1.29 is 5.11 Å². The van der Waals surface area contributed by atoms with Crippen LogP contribution in [-0.4, -0.2) is 27.2 Å². The van der Waals surface area contributed by atoms with Crippen molar-refractivity contribution in [2.24, 2.45) is 0 Å². The molecule has 1 aromatic heterocycles. The molecule has 1 fully saturated rings. The van der Waals surface area contributed by atoms with Crippen LogP contribution in [0.15, 0.2) is 10.9 Å². The summed E-state index contributed by atoms with van der Waals surface area (Å²) in [6.07, 6.45) is 4.77. The number of nitrogens with one attached hydrogen (secondary N) is 2. The summed E-state index contributed by atoms with van der Waals surface area (Å²) in [4.78, 5) is 18.5. The average molecular weight is 237 g/mol. The zero-order valence-corrected chi connectivity index (χ0v) is 10.1. The molecule has 0 aromatic carbocycles. The Morgan fingerprint density at radius 1 is 1.53 bits per heavy atom. The van der Waals surface area contributed by atoms with Crippen molar-refractivity contribution in [3.63, 3.8) is 0 Å². The van der Waals surface area contributed by atoms with Crippen molar-refractivity contribution in [3.05, 3.63) is 22.2 Å². The van der Waals surface area contributed by atoms with Crippen LogP contribution in [0.4, 0.5) is 5.82 Å². The minimum atomic E-state index is -0.286. The Morgan fingerprint density at radius 2 is 2.24 bits per heavy atom. The van der Waals surface area contributed by atoms with Gasteiger partial charge >= 0.3 is 0 Å². The molecule has 1 aliphatic carbocycles. The summed E-state index contributed by atoms with van der Waals surface area (Å²) in [7, 11) is 0. The Bertz CT molecular complexity index is 436. The molecular weight excluding hydrogens is 218 g/mol. The molecule has 0 amide bonds. The first-order valence-electron chi connectivity index (χ1n) is 6.17. The number of anilines is 1. The van der Waals surface area contributed by atoms with Crippen LogP contribution in [0.3, 0.4) is 0 Å². The third-order valence-corrected chi connectivity index (χ3v) is 3.38. The Balaban J connectivity index is 2.22. The van der Waals surface area contributed by atoms with Gasteiger partial charge in [-0.25, -0.2) is 4.98 Å². The number of hydrogen-bond donors (Lipinski definition) is 3. The first kappa shape index (κ1) is 12.1. The van der Waals surface area contributed by atoms with Gasteiger partial charge in [0.2, 0.25) is 0 Å². The quantitative estimate of drug-likeness (QED) is 0.731. The summed E-state index contributed by atoms with van der Waals surface area (Å²) in [6.45, 7) is 2.03. The van der Waals surface area contributed by atoms with Gasteiger partial charge in [0, 0.05) is 12.5 Å². The topological polar surface area (TPSA) is 78.0 Å². The van der Waals surface area contributed by atoms with Gasteiger partial charge in [0.25, 0.3) is 5.56 Å². The van der Waals surface area contributed by atoms with Crippen LogP contribution in [0.1, 0.15) is 38.4 Å². The van der Waals surface area contributed by atoms with Gasteiger partial charge in [-0.05, 0) is 12.8 Å². The van der Waals surface area contributed by atoms with Crippen LogP contribution < -0.4 is 10.9 Å². The summed E-state index contributed by atoms with van der Waals surface area (Å²) in [6, 6.07) is 1.45. The second-order valence-electron chi connectivity index (χ2n) is 4.70. The monoisotopic (exact) mass is 237 g/mol. The van der Waals surface area contributed by atoms with E-state index < -0.39 is 0 Å². The molecule has 1 saturated carbocycles. The number of H-pyrrole nitrogens is 1. The molecule has 0 spiro atoms. The Morgan fingerprint density at radius 3 is 2.82 bits per heavy atom. The van der Waals surface area contributed by atoms with Crippen LogP contribution in [-0.2, 0) is 6.42 Å². The Labute approximate surface area is 100 Å². The molecule has 5 nitrogen and oxygen atoms in total. The molecular formula is C12H19N3O2. The van der Waals surface area contributed by atoms with E-state index in [2.05, 4.69) is 15.3 Å². The van der Waals surface area contributed by atoms with Crippen LogP contribution in [0, 0.1) is 0 Å². The van der Waals surface area contributed by atoms with Crippen LogP contribution in [0.5, 0.6) is 0 Å². The van der Waals surface area contributed by atoms with E-state index in [4.69, 9.17) is 0 Å². The fraction of sp³-hybridized carbons (Fsp3) is 0.667. The first-order valence-corrected chi connectivity index (χ1v) is 6.17. The van der Waals surface area contributed by atoms with E-state index in [0.29, 0.717) is 18.1 Å². The Hall–Kier alpha value is -1.36. The maximum Gasteiger partial charge on any atom is 0.252 e. The summed E-state index contributed by atoms with van der Waals surface area (Å²) >= 11 is 0. The molecule has 3 N–H and O–H groups in total. The van der Waals surface area contributed by atoms with Gasteiger partial charge in [0.15, 0.2) is 0 Å². The largest absolute Gasteiger partial charge is 0.394 e. The summed E-state index contributed by atoms with van der Waals surface area (Å²) < 4.78 is 0. The number of aromatic amines is 1. The lowest BCUT2D eigenvalue weighted by atomic mass is 9.99. The van der Waals surface area contributed by atoms with Gasteiger partial charge in [-0.15, -0.1) is 0 Å². The molecule has 0 unspecified atom stereocenters. The highest BCUT2D eigenvalue weighted by molar-refractivity contribution is 5.37. The number of aryl methyl sites for hydroxylation is 1. The third kappa shape index (κ3) is 2.66. The molecule has 0 aliphatic heterocycles. The summed E-state index contributed by atoms with van der Waals surface area (Å²) in [5, 5.41) is 12.7. The fourth-order valence-corrected chi connectivity index (χ4v) is 2.39. The number of aliphatic hydroxyl groups excluding tert-OH is 1. The van der Waals surface area contributed by atoms with Crippen molar-refractivity contribution in [2.75, 3.05) is 11.9 Å². The lowest BCUT2D eigenvalue weighted by Gasteiger charge is -2.28. The van der Waals surface area contributed by atoms with Crippen molar-refractivity contribution in [3.8, 4) is 0 Å². The number of nitrogens with zero attached hydrogens (tertiary/aromatic N) is 1. The summed E-state index contributed by atoms with van der Waals surface area (Å²) in [5.41, 5.74) is -0.434. The standard InChI is InChI=1S/C12H19N3O2/c1-2-9-13-10(7-11(17)14-9)15-12(8-16)5-3-4-6-12/h7,16H,2-6,8H2,1H3,(H2,13,14,15,17). The Kier molecular flexibility index (Phi) is 3.47. The summed E-state index contributed by atoms with van der Waals surface area (Å²) in [5.74, 6) is 1.24. The van der Waals surface area contributed by atoms with Crippen molar-refractivity contribution in [1.29, 1.82) is 0 Å². The van der Waals surface area contributed by atoms with E-state index in [1.54, 1.807) is 0 Å². The van der Waals surface area contributed by atoms with Crippen molar-refractivity contribution in [1.82, 2.24) is 9.97 Å². The van der Waals surface area contributed by atoms with Gasteiger partial charge in [0.05, 0.1) is 12.1 Å². The highest BCUT2D eigenvalue weighted by Crippen LogP contribution is 2.31. The maximum absolute atomic E-state index is 11.4. The number of rotatable bonds is 4. The van der Waals surface area contributed by atoms with Crippen LogP contribution in [0.2, 0.25) is 0 Å². The van der Waals surface area contributed by atoms with Crippen LogP contribution >= 0.6 is 0 Å². The van der Waals surface area contributed by atoms with E-state index in [1.807, 2.05) is 6.92 Å². The smallest absolute Gasteiger partial charge is 0.252 e. The van der Waals surface area contributed by atoms with Gasteiger partial charge in [0.1, 0.15) is 11.6 Å². The normalized spacial score (nSPS) is 18.2. The zero-order chi connectivity index (χ0) is 12.3. The van der Waals surface area contributed by atoms with Gasteiger partial charge in [-0.2, -0.15) is 0 Å². The second kappa shape index (κ2) is 4.87. The van der Waals surface area contributed by atoms with Gasteiger partial charge < -0.3 is 15.4 Å². The molecule has 0 atom stereocenters. The molecule has 94 valence electrons. The predicted molar refractivity (Wildman–Crippen MR) is 66.1 cm³/mol. The molecule has 1 aliphatic rings. The average Bonchev–Trinajstić information content (AvgIpc) is 2.77. The van der Waals surface area contributed by atoms with E-state index in [-0.39, 0.29) is 17.7 Å². The van der Waals surface area contributed by atoms with Crippen LogP contribution in [0.25, 0.3) is 0 Å². The molecule has 2 rings (SSSR count). The molecule has 0 bridgehead atoms. The number of aliphatic hydroxyl groups is 1. The zero-order valence-electron chi connectivity index (χ0n) is 10.1. The lowest BCUT2D eigenvalue weighted by Crippen LogP contribution is -2.39. The number of aromatic nitrogens is 2. The van der Waals surface area contributed by atoms with Gasteiger partial charge in [-0.3, -0.25) is 4.79 Å². The highest BCUT2D eigenvalue weighted by atomic mass is 16.3. The minimum Gasteiger partial charge on any atom is -0.394 e. The molecule has 5 heteroatoms. The van der Waals surface area contributed by atoms with E-state index in [0.717, 1.165) is 25.7 Å². The molecule has 1 heterocycles. The van der Waals surface area contributed by atoms with Crippen molar-refractivity contribution in [2.45, 2.75) is 44.6 Å². The van der Waals surface area contributed by atoms with E-state index >= 15 is 0 Å². The minimum absolute atomic E-state index is 0.0862.